The van der Waals surface area contributed by atoms with Gasteiger partial charge in [-0.15, -0.1) is 0 Å². The maximum Gasteiger partial charge on any atom is 0.216 e. The molecule has 2 aliphatic rings. The largest absolute Gasteiger partial charge is 0.248 e. The molecule has 0 saturated heterocycles. The van der Waals surface area contributed by atoms with Crippen molar-refractivity contribution >= 4 is 45.0 Å². The van der Waals surface area contributed by atoms with Crippen LogP contribution in [-0.2, 0) is 0 Å². The molecule has 72 heavy (non-hydrogen) atoms. The highest BCUT2D eigenvalue weighted by atomic mass is 31.3. The molecule has 0 unspecified atom stereocenters. The maximum atomic E-state index is 5.63. The SMILES string of the molecule is CC(C)(C)NP1(NC(C)(C)C)=NP(NC(C)(C)C)(NC(C)(C)C)=NP(NC(C)(C)C)(NC(C)(C)C)=N1.CC(C)(C)NP1(NC(C)(C)C)=NP(NC(C)(C)C)(NC(C)(C)C)=NP(NC(C)(C)C)(NC(C)(C)C)=N1. The van der Waals surface area contributed by atoms with Crippen molar-refractivity contribution in [3.05, 3.63) is 0 Å². The lowest BCUT2D eigenvalue weighted by molar-refractivity contribution is 0.478. The summed E-state index contributed by atoms with van der Waals surface area (Å²) in [7, 11) is -16.3. The molecule has 0 aromatic rings. The van der Waals surface area contributed by atoms with Gasteiger partial charge in [-0.25, -0.2) is 61.0 Å². The summed E-state index contributed by atoms with van der Waals surface area (Å²) in [4.78, 5) is 0. The van der Waals surface area contributed by atoms with Crippen LogP contribution in [0.1, 0.15) is 249 Å². The number of rotatable bonds is 12. The van der Waals surface area contributed by atoms with Gasteiger partial charge >= 0.3 is 0 Å². The van der Waals surface area contributed by atoms with Crippen molar-refractivity contribution < 1.29 is 0 Å². The van der Waals surface area contributed by atoms with Crippen LogP contribution in [0.2, 0.25) is 0 Å². The standard InChI is InChI=1S/2C24H60N9P3/c2*1-19(2,3)25-34(26-20(4,5)6)31-35(27-21(7,8)9,28-22(10,11)12)33-36(32-34,29-23(13,14)15)30-24(16,17)18/h2*25-30H,1-18H3. The van der Waals surface area contributed by atoms with Gasteiger partial charge in [-0.05, 0) is 249 Å². The highest BCUT2D eigenvalue weighted by molar-refractivity contribution is 7.84. The van der Waals surface area contributed by atoms with Gasteiger partial charge in [-0.2, -0.15) is 27.1 Å². The minimum absolute atomic E-state index is 0.228. The van der Waals surface area contributed by atoms with Crippen LogP contribution >= 0.6 is 45.0 Å². The Hall–Kier alpha value is 0.900. The van der Waals surface area contributed by atoms with Crippen molar-refractivity contribution in [2.75, 3.05) is 0 Å². The molecule has 0 bridgehead atoms. The summed E-state index contributed by atoms with van der Waals surface area (Å²) in [5, 5.41) is 46.6. The zero-order valence-electron chi connectivity index (χ0n) is 53.4. The zero-order chi connectivity index (χ0) is 57.7. The van der Waals surface area contributed by atoms with E-state index in [0.717, 1.165) is 0 Å². The molecule has 2 rings (SSSR count). The van der Waals surface area contributed by atoms with Crippen LogP contribution in [-0.4, -0.2) is 66.5 Å². The van der Waals surface area contributed by atoms with Crippen molar-refractivity contribution in [3.63, 3.8) is 0 Å². The fourth-order valence-corrected chi connectivity index (χ4v) is 35.2. The van der Waals surface area contributed by atoms with E-state index in [9.17, 15) is 0 Å². The first-order valence-corrected chi connectivity index (χ1v) is 36.2. The quantitative estimate of drug-likeness (QED) is 0.0822. The molecular weight excluding hydrogens is 1010 g/mol. The zero-order valence-corrected chi connectivity index (χ0v) is 58.7. The van der Waals surface area contributed by atoms with Gasteiger partial charge in [-0.3, -0.25) is 0 Å². The normalized spacial score (nSPS) is 20.8. The average molecular weight is 1140 g/mol. The molecule has 12 N–H and O–H groups in total. The Kier molecular flexibility index (Phi) is 22.1. The van der Waals surface area contributed by atoms with E-state index < -0.39 is 45.0 Å². The molecule has 0 aromatic carbocycles. The smallest absolute Gasteiger partial charge is 0.216 e. The van der Waals surface area contributed by atoms with Gasteiger partial charge in [0, 0.05) is 66.5 Å². The van der Waals surface area contributed by atoms with E-state index in [1.807, 2.05) is 0 Å². The van der Waals surface area contributed by atoms with E-state index >= 15 is 0 Å². The molecule has 0 radical (unpaired) electrons. The Morgan fingerprint density at radius 2 is 0.194 bits per heavy atom. The van der Waals surface area contributed by atoms with Gasteiger partial charge in [0.2, 0.25) is 45.0 Å². The van der Waals surface area contributed by atoms with Crippen LogP contribution in [0.4, 0.5) is 0 Å². The number of nitrogens with zero attached hydrogens (tertiary/aromatic N) is 6. The Morgan fingerprint density at radius 3 is 0.236 bits per heavy atom. The van der Waals surface area contributed by atoms with Crippen molar-refractivity contribution in [2.45, 2.75) is 316 Å². The van der Waals surface area contributed by atoms with Crippen molar-refractivity contribution in [1.29, 1.82) is 0 Å². The van der Waals surface area contributed by atoms with E-state index in [0.29, 0.717) is 0 Å². The van der Waals surface area contributed by atoms with Crippen LogP contribution in [0.25, 0.3) is 0 Å². The fraction of sp³-hybridized carbons (Fsp3) is 1.00. The monoisotopic (exact) mass is 1130 g/mol. The summed E-state index contributed by atoms with van der Waals surface area (Å²) >= 11 is 0. The predicted octanol–water partition coefficient (Wildman–Crippen LogP) is 16.3. The second-order valence-electron chi connectivity index (χ2n) is 32.5. The van der Waals surface area contributed by atoms with Crippen molar-refractivity contribution in [3.8, 4) is 0 Å². The molecule has 18 nitrogen and oxygen atoms in total. The topological polar surface area (TPSA) is 219 Å². The Balaban J connectivity index is 0.000000720. The van der Waals surface area contributed by atoms with Gasteiger partial charge in [-0.1, -0.05) is 0 Å². The highest BCUT2D eigenvalue weighted by Crippen LogP contribution is 2.75. The summed E-state index contributed by atoms with van der Waals surface area (Å²) < 4.78 is 33.8. The van der Waals surface area contributed by atoms with Crippen LogP contribution in [0.15, 0.2) is 27.1 Å². The lowest BCUT2D eigenvalue weighted by Crippen LogP contribution is -2.48. The summed E-state index contributed by atoms with van der Waals surface area (Å²) in [6, 6.07) is 0. The summed E-state index contributed by atoms with van der Waals surface area (Å²) in [6.07, 6.45) is 0. The third-order valence-electron chi connectivity index (χ3n) is 7.45. The first-order chi connectivity index (χ1) is 30.7. The minimum Gasteiger partial charge on any atom is -0.248 e. The molecule has 2 aliphatic heterocycles. The molecule has 0 spiro atoms. The molecule has 0 atom stereocenters. The van der Waals surface area contributed by atoms with Crippen LogP contribution in [0, 0.1) is 0 Å². The van der Waals surface area contributed by atoms with Crippen LogP contribution in [0.3, 0.4) is 0 Å². The Morgan fingerprint density at radius 1 is 0.139 bits per heavy atom. The molecule has 0 fully saturated rings. The molecule has 0 aromatic heterocycles. The second kappa shape index (κ2) is 22.4. The van der Waals surface area contributed by atoms with Crippen LogP contribution in [0.5, 0.6) is 0 Å². The summed E-state index contributed by atoms with van der Waals surface area (Å²) in [5.74, 6) is 0. The lowest BCUT2D eigenvalue weighted by Gasteiger charge is -2.47. The first-order valence-electron chi connectivity index (χ1n) is 26.1. The first kappa shape index (κ1) is 70.9. The molecular formula is C48H120N18P6. The van der Waals surface area contributed by atoms with E-state index in [1.54, 1.807) is 0 Å². The minimum atomic E-state index is -2.72. The maximum absolute atomic E-state index is 5.63. The molecule has 0 aliphatic carbocycles. The Bertz CT molecular complexity index is 1640. The van der Waals surface area contributed by atoms with E-state index in [2.05, 4.69) is 310 Å². The molecule has 0 saturated carbocycles. The van der Waals surface area contributed by atoms with Gasteiger partial charge < -0.3 is 0 Å². The molecule has 0 amide bonds. The fourth-order valence-electron chi connectivity index (χ4n) is 7.55. The number of hydrogen-bond acceptors (Lipinski definition) is 18. The Labute approximate surface area is 446 Å². The van der Waals surface area contributed by atoms with E-state index in [1.165, 1.54) is 0 Å². The van der Waals surface area contributed by atoms with Crippen LogP contribution < -0.4 is 61.0 Å². The lowest BCUT2D eigenvalue weighted by atomic mass is 10.1. The third-order valence-corrected chi connectivity index (χ3v) is 31.7. The molecule has 432 valence electrons. The van der Waals surface area contributed by atoms with Gasteiger partial charge in [0.25, 0.3) is 0 Å². The predicted molar refractivity (Wildman–Crippen MR) is 331 cm³/mol. The summed E-state index contributed by atoms with van der Waals surface area (Å²) in [5.41, 5.74) is -2.73. The third kappa shape index (κ3) is 29.2. The summed E-state index contributed by atoms with van der Waals surface area (Å²) in [6.45, 7) is 78.5. The van der Waals surface area contributed by atoms with Gasteiger partial charge in [0.05, 0.1) is 0 Å². The number of hydrogen-bond donors (Lipinski definition) is 12. The average Bonchev–Trinajstić information content (AvgIpc) is 2.82. The van der Waals surface area contributed by atoms with Crippen molar-refractivity contribution in [2.24, 2.45) is 27.1 Å². The molecule has 24 heteroatoms. The van der Waals surface area contributed by atoms with Gasteiger partial charge in [0.15, 0.2) is 0 Å². The van der Waals surface area contributed by atoms with E-state index in [-0.39, 0.29) is 66.5 Å². The second-order valence-corrected chi connectivity index (χ2v) is 46.7. The highest BCUT2D eigenvalue weighted by Gasteiger charge is 2.47. The molecule has 2 heterocycles. The van der Waals surface area contributed by atoms with Crippen molar-refractivity contribution in [1.82, 2.24) is 61.0 Å². The van der Waals surface area contributed by atoms with Gasteiger partial charge in [0.1, 0.15) is 0 Å². The van der Waals surface area contributed by atoms with E-state index in [4.69, 9.17) is 27.1 Å². The number of nitrogens with one attached hydrogen (secondary N) is 12.